The van der Waals surface area contributed by atoms with Gasteiger partial charge in [0.05, 0.1) is 11.8 Å². The first-order valence-corrected chi connectivity index (χ1v) is 4.16. The molecule has 2 rings (SSSR count). The molecule has 0 unspecified atom stereocenters. The molecular weight excluding hydrogens is 190 g/mol. The van der Waals surface area contributed by atoms with E-state index in [1.54, 1.807) is 12.4 Å². The van der Waals surface area contributed by atoms with Crippen LogP contribution in [0.15, 0.2) is 12.4 Å². The SMILES string of the molecule is Cl.O=C(c1cn[nH]c1)N1CCCC1. The van der Waals surface area contributed by atoms with Gasteiger partial charge >= 0.3 is 0 Å². The van der Waals surface area contributed by atoms with Gasteiger partial charge in [0.15, 0.2) is 0 Å². The molecule has 0 saturated carbocycles. The van der Waals surface area contributed by atoms with Gasteiger partial charge in [-0.05, 0) is 12.8 Å². The Bertz CT molecular complexity index is 267. The number of carbonyl (C=O) groups excluding carboxylic acids is 1. The molecule has 5 heteroatoms. The van der Waals surface area contributed by atoms with Crippen LogP contribution in [0.5, 0.6) is 0 Å². The van der Waals surface area contributed by atoms with Crippen molar-refractivity contribution in [3.05, 3.63) is 18.0 Å². The van der Waals surface area contributed by atoms with Gasteiger partial charge in [-0.2, -0.15) is 5.10 Å². The summed E-state index contributed by atoms with van der Waals surface area (Å²) in [5.41, 5.74) is 0.664. The van der Waals surface area contributed by atoms with Crippen molar-refractivity contribution in [3.63, 3.8) is 0 Å². The van der Waals surface area contributed by atoms with Crippen molar-refractivity contribution >= 4 is 18.3 Å². The minimum absolute atomic E-state index is 0. The molecule has 72 valence electrons. The van der Waals surface area contributed by atoms with Crippen LogP contribution in [0.3, 0.4) is 0 Å². The monoisotopic (exact) mass is 201 g/mol. The minimum Gasteiger partial charge on any atom is -0.339 e. The van der Waals surface area contributed by atoms with Crippen molar-refractivity contribution in [2.75, 3.05) is 13.1 Å². The molecule has 13 heavy (non-hydrogen) atoms. The van der Waals surface area contributed by atoms with E-state index in [9.17, 15) is 4.79 Å². The Morgan fingerprint density at radius 3 is 2.69 bits per heavy atom. The Morgan fingerprint density at radius 1 is 1.46 bits per heavy atom. The van der Waals surface area contributed by atoms with E-state index in [0.29, 0.717) is 5.56 Å². The first-order chi connectivity index (χ1) is 5.88. The lowest BCUT2D eigenvalue weighted by Gasteiger charge is -2.12. The van der Waals surface area contributed by atoms with Crippen molar-refractivity contribution in [3.8, 4) is 0 Å². The number of rotatable bonds is 1. The zero-order chi connectivity index (χ0) is 8.39. The fourth-order valence-electron chi connectivity index (χ4n) is 1.47. The quantitative estimate of drug-likeness (QED) is 0.739. The largest absolute Gasteiger partial charge is 0.339 e. The lowest BCUT2D eigenvalue weighted by molar-refractivity contribution is 0.0793. The molecule has 1 aliphatic rings. The number of halogens is 1. The molecule has 1 fully saturated rings. The van der Waals surface area contributed by atoms with Crippen LogP contribution in [-0.4, -0.2) is 34.1 Å². The van der Waals surface area contributed by atoms with Gasteiger partial charge < -0.3 is 4.90 Å². The molecule has 1 aliphatic heterocycles. The number of H-pyrrole nitrogens is 1. The van der Waals surface area contributed by atoms with E-state index in [4.69, 9.17) is 0 Å². The van der Waals surface area contributed by atoms with Crippen LogP contribution < -0.4 is 0 Å². The minimum atomic E-state index is 0. The van der Waals surface area contributed by atoms with E-state index in [1.807, 2.05) is 4.90 Å². The summed E-state index contributed by atoms with van der Waals surface area (Å²) in [7, 11) is 0. The third-order valence-corrected chi connectivity index (χ3v) is 2.14. The van der Waals surface area contributed by atoms with Crippen molar-refractivity contribution in [2.24, 2.45) is 0 Å². The lowest BCUT2D eigenvalue weighted by Crippen LogP contribution is -2.27. The fraction of sp³-hybridized carbons (Fsp3) is 0.500. The fourth-order valence-corrected chi connectivity index (χ4v) is 1.47. The Hall–Kier alpha value is -1.03. The van der Waals surface area contributed by atoms with Crippen LogP contribution in [0.25, 0.3) is 0 Å². The highest BCUT2D eigenvalue weighted by Gasteiger charge is 2.19. The average Bonchev–Trinajstić information content (AvgIpc) is 2.77. The third-order valence-electron chi connectivity index (χ3n) is 2.14. The average molecular weight is 202 g/mol. The maximum Gasteiger partial charge on any atom is 0.257 e. The standard InChI is InChI=1S/C8H11N3O.ClH/c12-8(7-5-9-10-6-7)11-3-1-2-4-11;/h5-6H,1-4H2,(H,9,10);1H. The number of aromatic amines is 1. The topological polar surface area (TPSA) is 49.0 Å². The van der Waals surface area contributed by atoms with E-state index in [0.717, 1.165) is 25.9 Å². The molecule has 4 nitrogen and oxygen atoms in total. The summed E-state index contributed by atoms with van der Waals surface area (Å²) in [6.45, 7) is 1.79. The molecule has 0 aromatic carbocycles. The van der Waals surface area contributed by atoms with Crippen LogP contribution in [0.2, 0.25) is 0 Å². The lowest BCUT2D eigenvalue weighted by atomic mass is 10.3. The molecular formula is C8H12ClN3O. The smallest absolute Gasteiger partial charge is 0.257 e. The number of nitrogens with zero attached hydrogens (tertiary/aromatic N) is 2. The molecule has 0 bridgehead atoms. The molecule has 1 aromatic heterocycles. The van der Waals surface area contributed by atoms with Crippen LogP contribution in [0, 0.1) is 0 Å². The first kappa shape index (κ1) is 10.1. The second-order valence-electron chi connectivity index (χ2n) is 2.99. The summed E-state index contributed by atoms with van der Waals surface area (Å²) in [5.74, 6) is 0.0984. The van der Waals surface area contributed by atoms with Gasteiger partial charge in [-0.1, -0.05) is 0 Å². The molecule has 1 aromatic rings. The Kier molecular flexibility index (Phi) is 3.31. The highest BCUT2D eigenvalue weighted by atomic mass is 35.5. The molecule has 0 atom stereocenters. The number of hydrogen-bond donors (Lipinski definition) is 1. The first-order valence-electron chi connectivity index (χ1n) is 4.16. The van der Waals surface area contributed by atoms with Crippen LogP contribution >= 0.6 is 12.4 Å². The summed E-state index contributed by atoms with van der Waals surface area (Å²) in [5, 5.41) is 6.38. The number of aromatic nitrogens is 2. The van der Waals surface area contributed by atoms with Crippen molar-refractivity contribution in [2.45, 2.75) is 12.8 Å². The van der Waals surface area contributed by atoms with Crippen molar-refractivity contribution in [1.82, 2.24) is 15.1 Å². The summed E-state index contributed by atoms with van der Waals surface area (Å²) in [6, 6.07) is 0. The van der Waals surface area contributed by atoms with Gasteiger partial charge in [0, 0.05) is 19.3 Å². The number of carbonyl (C=O) groups is 1. The maximum absolute atomic E-state index is 11.6. The second kappa shape index (κ2) is 4.28. The van der Waals surface area contributed by atoms with Crippen molar-refractivity contribution in [1.29, 1.82) is 0 Å². The molecule has 1 saturated heterocycles. The van der Waals surface area contributed by atoms with Gasteiger partial charge in [0.1, 0.15) is 0 Å². The summed E-state index contributed by atoms with van der Waals surface area (Å²) in [4.78, 5) is 13.4. The highest BCUT2D eigenvalue weighted by molar-refractivity contribution is 5.93. The highest BCUT2D eigenvalue weighted by Crippen LogP contribution is 2.11. The zero-order valence-electron chi connectivity index (χ0n) is 7.19. The van der Waals surface area contributed by atoms with E-state index in [1.165, 1.54) is 0 Å². The molecule has 0 spiro atoms. The number of nitrogens with one attached hydrogen (secondary N) is 1. The van der Waals surface area contributed by atoms with Gasteiger partial charge in [0.2, 0.25) is 0 Å². The molecule has 0 aliphatic carbocycles. The van der Waals surface area contributed by atoms with Gasteiger partial charge in [-0.25, -0.2) is 0 Å². The normalized spacial score (nSPS) is 15.5. The summed E-state index contributed by atoms with van der Waals surface area (Å²) in [6.07, 6.45) is 5.47. The Morgan fingerprint density at radius 2 is 2.15 bits per heavy atom. The van der Waals surface area contributed by atoms with Gasteiger partial charge in [0.25, 0.3) is 5.91 Å². The van der Waals surface area contributed by atoms with Crippen LogP contribution in [-0.2, 0) is 0 Å². The predicted octanol–water partition coefficient (Wildman–Crippen LogP) is 1.07. The Labute approximate surface area is 82.7 Å². The number of likely N-dealkylation sites (tertiary alicyclic amines) is 1. The molecule has 0 radical (unpaired) electrons. The van der Waals surface area contributed by atoms with Crippen LogP contribution in [0.4, 0.5) is 0 Å². The van der Waals surface area contributed by atoms with E-state index in [-0.39, 0.29) is 18.3 Å². The number of amides is 1. The van der Waals surface area contributed by atoms with E-state index < -0.39 is 0 Å². The molecule has 2 heterocycles. The summed E-state index contributed by atoms with van der Waals surface area (Å²) >= 11 is 0. The second-order valence-corrected chi connectivity index (χ2v) is 2.99. The Balaban J connectivity index is 0.000000845. The van der Waals surface area contributed by atoms with Gasteiger partial charge in [-0.3, -0.25) is 9.89 Å². The molecule has 1 amide bonds. The van der Waals surface area contributed by atoms with Gasteiger partial charge in [-0.15, -0.1) is 12.4 Å². The van der Waals surface area contributed by atoms with Crippen molar-refractivity contribution < 1.29 is 4.79 Å². The predicted molar refractivity (Wildman–Crippen MR) is 51.0 cm³/mol. The number of hydrogen-bond acceptors (Lipinski definition) is 2. The molecule has 1 N–H and O–H groups in total. The zero-order valence-corrected chi connectivity index (χ0v) is 8.01. The maximum atomic E-state index is 11.6. The van der Waals surface area contributed by atoms with E-state index >= 15 is 0 Å². The summed E-state index contributed by atoms with van der Waals surface area (Å²) < 4.78 is 0. The van der Waals surface area contributed by atoms with E-state index in [2.05, 4.69) is 10.2 Å². The van der Waals surface area contributed by atoms with Crippen LogP contribution in [0.1, 0.15) is 23.2 Å². The third kappa shape index (κ3) is 2.01.